The average molecular weight is 425 g/mol. The van der Waals surface area contributed by atoms with Crippen LogP contribution in [0, 0.1) is 12.7 Å². The molecule has 0 fully saturated rings. The summed E-state index contributed by atoms with van der Waals surface area (Å²) in [5.74, 6) is -4.85. The molecule has 0 atom stereocenters. The van der Waals surface area contributed by atoms with Crippen LogP contribution in [0.4, 0.5) is 28.0 Å². The first-order valence-electron chi connectivity index (χ1n) is 7.30. The summed E-state index contributed by atoms with van der Waals surface area (Å²) in [5.41, 5.74) is 0.244. The fraction of sp³-hybridized carbons (Fsp3) is 0.188. The minimum absolute atomic E-state index is 0.0587. The van der Waals surface area contributed by atoms with Crippen LogP contribution in [0.25, 0.3) is 0 Å². The second-order valence-electron chi connectivity index (χ2n) is 5.57. The highest BCUT2D eigenvalue weighted by molar-refractivity contribution is 6.42. The molecule has 2 N–H and O–H groups in total. The van der Waals surface area contributed by atoms with Crippen LogP contribution in [0.3, 0.4) is 0 Å². The normalized spacial score (nSPS) is 14.8. The van der Waals surface area contributed by atoms with Crippen LogP contribution in [0.1, 0.15) is 5.56 Å². The molecule has 1 heterocycles. The molecular formula is C16H10Cl2F4N2O3. The molecule has 2 aromatic rings. The Morgan fingerprint density at radius 3 is 2.11 bits per heavy atom. The molecule has 3 rings (SSSR count). The Labute approximate surface area is 160 Å². The zero-order valence-electron chi connectivity index (χ0n) is 13.4. The van der Waals surface area contributed by atoms with E-state index >= 15 is 0 Å². The number of carbonyl (C=O) groups excluding carboxylic acids is 1. The van der Waals surface area contributed by atoms with E-state index in [-0.39, 0.29) is 27.2 Å². The molecule has 0 aliphatic carbocycles. The van der Waals surface area contributed by atoms with E-state index in [4.69, 9.17) is 32.7 Å². The molecule has 0 bridgehead atoms. The van der Waals surface area contributed by atoms with Gasteiger partial charge in [-0.25, -0.2) is 9.18 Å². The molecule has 0 saturated heterocycles. The lowest BCUT2D eigenvalue weighted by atomic mass is 10.2. The Balaban J connectivity index is 1.84. The van der Waals surface area contributed by atoms with E-state index in [1.54, 1.807) is 5.32 Å². The Morgan fingerprint density at radius 1 is 1.07 bits per heavy atom. The van der Waals surface area contributed by atoms with Gasteiger partial charge in [-0.2, -0.15) is 13.2 Å². The SMILES string of the molecule is Cc1ccc(NC(=O)NC2(C(F)(F)F)Oc3cc(Cl)c(Cl)cc3O2)cc1F. The maximum absolute atomic E-state index is 13.6. The number of nitrogens with one attached hydrogen (secondary N) is 2. The van der Waals surface area contributed by atoms with Gasteiger partial charge >= 0.3 is 18.1 Å². The largest absolute Gasteiger partial charge is 0.492 e. The molecule has 1 aliphatic heterocycles. The van der Waals surface area contributed by atoms with Gasteiger partial charge in [0, 0.05) is 17.8 Å². The Kier molecular flexibility index (Phi) is 4.77. The monoisotopic (exact) mass is 424 g/mol. The van der Waals surface area contributed by atoms with Crippen molar-refractivity contribution in [1.29, 1.82) is 0 Å². The van der Waals surface area contributed by atoms with Crippen LogP contribution in [-0.2, 0) is 0 Å². The van der Waals surface area contributed by atoms with Crippen molar-refractivity contribution >= 4 is 34.9 Å². The van der Waals surface area contributed by atoms with Crippen molar-refractivity contribution in [3.63, 3.8) is 0 Å². The van der Waals surface area contributed by atoms with Crippen LogP contribution in [-0.4, -0.2) is 18.1 Å². The lowest BCUT2D eigenvalue weighted by Gasteiger charge is -2.29. The van der Waals surface area contributed by atoms with E-state index in [1.807, 2.05) is 0 Å². The number of hydrogen-bond acceptors (Lipinski definition) is 3. The van der Waals surface area contributed by atoms with Gasteiger partial charge in [0.1, 0.15) is 5.82 Å². The molecule has 2 amide bonds. The van der Waals surface area contributed by atoms with E-state index < -0.39 is 23.9 Å². The Hall–Kier alpha value is -2.39. The molecule has 1 aliphatic rings. The molecule has 0 spiro atoms. The first kappa shape index (κ1) is 19.4. The number of amides is 2. The summed E-state index contributed by atoms with van der Waals surface area (Å²) in [7, 11) is 0. The molecule has 0 aromatic heterocycles. The van der Waals surface area contributed by atoms with Crippen LogP contribution < -0.4 is 20.1 Å². The minimum atomic E-state index is -5.17. The number of ether oxygens (including phenoxy) is 2. The van der Waals surface area contributed by atoms with E-state index in [1.165, 1.54) is 19.1 Å². The van der Waals surface area contributed by atoms with Crippen molar-refractivity contribution in [3.8, 4) is 11.5 Å². The fourth-order valence-corrected chi connectivity index (χ4v) is 2.53. The quantitative estimate of drug-likeness (QED) is 0.647. The number of aryl methyl sites for hydroxylation is 1. The zero-order valence-corrected chi connectivity index (χ0v) is 14.9. The second kappa shape index (κ2) is 6.65. The molecular weight excluding hydrogens is 415 g/mol. The number of rotatable bonds is 2. The first-order valence-corrected chi connectivity index (χ1v) is 8.05. The first-order chi connectivity index (χ1) is 12.5. The van der Waals surface area contributed by atoms with Gasteiger partial charge in [0.15, 0.2) is 11.5 Å². The predicted molar refractivity (Wildman–Crippen MR) is 89.8 cm³/mol. The molecule has 2 aromatic carbocycles. The Bertz CT molecular complexity index is 890. The number of benzene rings is 2. The van der Waals surface area contributed by atoms with Crippen LogP contribution in [0.5, 0.6) is 11.5 Å². The second-order valence-corrected chi connectivity index (χ2v) is 6.39. The lowest BCUT2D eigenvalue weighted by Crippen LogP contribution is -2.65. The van der Waals surface area contributed by atoms with Gasteiger partial charge in [0.05, 0.1) is 10.0 Å². The van der Waals surface area contributed by atoms with Crippen molar-refractivity contribution in [2.45, 2.75) is 19.0 Å². The van der Waals surface area contributed by atoms with Gasteiger partial charge in [-0.1, -0.05) is 29.3 Å². The molecule has 0 saturated carbocycles. The highest BCUT2D eigenvalue weighted by atomic mass is 35.5. The molecule has 144 valence electrons. The van der Waals surface area contributed by atoms with E-state index in [2.05, 4.69) is 5.32 Å². The molecule has 0 radical (unpaired) electrons. The van der Waals surface area contributed by atoms with E-state index in [0.717, 1.165) is 18.2 Å². The van der Waals surface area contributed by atoms with Gasteiger partial charge in [-0.05, 0) is 24.6 Å². The summed E-state index contributed by atoms with van der Waals surface area (Å²) >= 11 is 11.5. The summed E-state index contributed by atoms with van der Waals surface area (Å²) < 4.78 is 63.9. The van der Waals surface area contributed by atoms with Gasteiger partial charge in [0.2, 0.25) is 0 Å². The van der Waals surface area contributed by atoms with Crippen molar-refractivity contribution in [3.05, 3.63) is 51.8 Å². The highest BCUT2D eigenvalue weighted by Gasteiger charge is 2.65. The fourth-order valence-electron chi connectivity index (χ4n) is 2.22. The topological polar surface area (TPSA) is 59.6 Å². The van der Waals surface area contributed by atoms with Gasteiger partial charge < -0.3 is 14.8 Å². The summed E-state index contributed by atoms with van der Waals surface area (Å²) in [4.78, 5) is 12.0. The third-order valence-electron chi connectivity index (χ3n) is 3.58. The van der Waals surface area contributed by atoms with Crippen LogP contribution in [0.15, 0.2) is 30.3 Å². The highest BCUT2D eigenvalue weighted by Crippen LogP contribution is 2.47. The molecule has 0 unspecified atom stereocenters. The minimum Gasteiger partial charge on any atom is -0.424 e. The number of anilines is 1. The predicted octanol–water partition coefficient (Wildman–Crippen LogP) is 5.25. The number of urea groups is 1. The van der Waals surface area contributed by atoms with Gasteiger partial charge in [-0.15, -0.1) is 0 Å². The maximum atomic E-state index is 13.6. The van der Waals surface area contributed by atoms with Gasteiger partial charge in [0.25, 0.3) is 0 Å². The summed E-state index contributed by atoms with van der Waals surface area (Å²) in [6, 6.07) is 4.36. The zero-order chi connectivity index (χ0) is 20.0. The summed E-state index contributed by atoms with van der Waals surface area (Å²) in [5, 5.41) is 3.54. The maximum Gasteiger partial charge on any atom is 0.492 e. The molecule has 5 nitrogen and oxygen atoms in total. The lowest BCUT2D eigenvalue weighted by molar-refractivity contribution is -0.317. The Morgan fingerprint density at radius 2 is 1.63 bits per heavy atom. The number of carbonyl (C=O) groups is 1. The average Bonchev–Trinajstić information content (AvgIpc) is 2.89. The standard InChI is InChI=1S/C16H10Cl2F4N2O3/c1-7-2-3-8(4-11(7)19)23-14(25)24-16(15(20,21)22)26-12-5-9(17)10(18)6-13(12)27-16/h2-6H,1H3,(H2,23,24,25). The number of hydrogen-bond donors (Lipinski definition) is 2. The van der Waals surface area contributed by atoms with Crippen molar-refractivity contribution in [2.75, 3.05) is 5.32 Å². The molecule has 11 heteroatoms. The van der Waals surface area contributed by atoms with Crippen LogP contribution in [0.2, 0.25) is 10.0 Å². The van der Waals surface area contributed by atoms with E-state index in [9.17, 15) is 22.4 Å². The number of alkyl halides is 3. The van der Waals surface area contributed by atoms with Gasteiger partial charge in [-0.3, -0.25) is 5.32 Å². The summed E-state index contributed by atoms with van der Waals surface area (Å²) in [6.45, 7) is 1.49. The van der Waals surface area contributed by atoms with Crippen molar-refractivity contribution < 1.29 is 31.8 Å². The molecule has 27 heavy (non-hydrogen) atoms. The van der Waals surface area contributed by atoms with Crippen molar-refractivity contribution in [2.24, 2.45) is 0 Å². The third kappa shape index (κ3) is 3.70. The smallest absolute Gasteiger partial charge is 0.424 e. The van der Waals surface area contributed by atoms with Crippen molar-refractivity contribution in [1.82, 2.24) is 5.32 Å². The number of halogens is 6. The number of fused-ring (bicyclic) bond motifs is 1. The summed E-state index contributed by atoms with van der Waals surface area (Å²) in [6.07, 6.45) is -5.17. The van der Waals surface area contributed by atoms with E-state index in [0.29, 0.717) is 5.56 Å². The third-order valence-corrected chi connectivity index (χ3v) is 4.30. The van der Waals surface area contributed by atoms with Crippen LogP contribution >= 0.6 is 23.2 Å².